The van der Waals surface area contributed by atoms with Gasteiger partial charge in [0.1, 0.15) is 13.2 Å². The Morgan fingerprint density at radius 2 is 1.79 bits per heavy atom. The zero-order valence-corrected chi connectivity index (χ0v) is 17.8. The molecule has 0 saturated carbocycles. The standard InChI is InChI=1S/C12H24N2O4.Pb.2H/c1-5-6-12(4,7-17-10(13)15)8-18-11(16)14-9(2)3;;;/h9H,5-8H2,1-4H3,(H2,13,15)(H,14,16);;;. The Hall–Kier alpha value is -0.538. The van der Waals surface area contributed by atoms with Gasteiger partial charge in [-0.3, -0.25) is 0 Å². The number of hydrogen-bond acceptors (Lipinski definition) is 4. The third-order valence-electron chi connectivity index (χ3n) is 2.37. The third kappa shape index (κ3) is 11.0. The molecule has 2 amide bonds. The zero-order chi connectivity index (χ0) is 14.2. The first-order valence-corrected chi connectivity index (χ1v) is 6.14. The van der Waals surface area contributed by atoms with Gasteiger partial charge in [-0.15, -0.1) is 0 Å². The van der Waals surface area contributed by atoms with Gasteiger partial charge in [-0.2, -0.15) is 0 Å². The van der Waals surface area contributed by atoms with Gasteiger partial charge in [0.25, 0.3) is 0 Å². The number of alkyl carbamates (subject to hydrolysis) is 1. The summed E-state index contributed by atoms with van der Waals surface area (Å²) in [5.41, 5.74) is 4.53. The van der Waals surface area contributed by atoms with Crippen LogP contribution in [0.3, 0.4) is 0 Å². The second-order valence-corrected chi connectivity index (χ2v) is 5.04. The summed E-state index contributed by atoms with van der Waals surface area (Å²) in [7, 11) is 0. The molecule has 0 aromatic heterocycles. The van der Waals surface area contributed by atoms with E-state index in [4.69, 9.17) is 15.2 Å². The van der Waals surface area contributed by atoms with Crippen molar-refractivity contribution in [2.75, 3.05) is 13.2 Å². The van der Waals surface area contributed by atoms with Gasteiger partial charge >= 0.3 is 39.5 Å². The van der Waals surface area contributed by atoms with E-state index in [-0.39, 0.29) is 46.6 Å². The van der Waals surface area contributed by atoms with Crippen LogP contribution in [0.15, 0.2) is 0 Å². The second kappa shape index (κ2) is 10.3. The summed E-state index contributed by atoms with van der Waals surface area (Å²) in [6, 6.07) is 0.0248. The molecule has 3 N–H and O–H groups in total. The summed E-state index contributed by atoms with van der Waals surface area (Å²) in [5.74, 6) is 0. The van der Waals surface area contributed by atoms with Gasteiger partial charge in [-0.05, 0) is 20.3 Å². The van der Waals surface area contributed by atoms with Gasteiger partial charge in [-0.1, -0.05) is 20.3 Å². The molecule has 0 heterocycles. The van der Waals surface area contributed by atoms with Crippen LogP contribution in [0.4, 0.5) is 9.59 Å². The number of rotatable bonds is 7. The molecule has 1 unspecified atom stereocenters. The van der Waals surface area contributed by atoms with Crippen LogP contribution in [0, 0.1) is 5.41 Å². The van der Waals surface area contributed by atoms with Gasteiger partial charge in [0, 0.05) is 11.5 Å². The fourth-order valence-electron chi connectivity index (χ4n) is 1.55. The summed E-state index contributed by atoms with van der Waals surface area (Å²) in [6.07, 6.45) is 0.388. The van der Waals surface area contributed by atoms with Crippen LogP contribution in [0.5, 0.6) is 0 Å². The molecule has 112 valence electrons. The van der Waals surface area contributed by atoms with E-state index < -0.39 is 17.6 Å². The maximum atomic E-state index is 11.4. The van der Waals surface area contributed by atoms with E-state index in [1.165, 1.54) is 0 Å². The molecular weight excluding hydrogens is 443 g/mol. The zero-order valence-electron chi connectivity index (χ0n) is 12.3. The van der Waals surface area contributed by atoms with Crippen molar-refractivity contribution in [1.82, 2.24) is 5.32 Å². The van der Waals surface area contributed by atoms with Crippen molar-refractivity contribution in [1.29, 1.82) is 0 Å². The van der Waals surface area contributed by atoms with E-state index >= 15 is 0 Å². The number of carbonyl (C=O) groups is 2. The number of amides is 2. The van der Waals surface area contributed by atoms with Crippen LogP contribution < -0.4 is 11.1 Å². The monoisotopic (exact) mass is 470 g/mol. The van der Waals surface area contributed by atoms with E-state index in [0.29, 0.717) is 0 Å². The minimum absolute atomic E-state index is 0. The number of carbonyl (C=O) groups excluding carboxylic acids is 2. The molecule has 0 aromatic rings. The van der Waals surface area contributed by atoms with Crippen LogP contribution in [0.25, 0.3) is 0 Å². The van der Waals surface area contributed by atoms with Crippen molar-refractivity contribution in [3.63, 3.8) is 0 Å². The van der Waals surface area contributed by atoms with Crippen LogP contribution in [-0.2, 0) is 9.47 Å². The molecule has 19 heavy (non-hydrogen) atoms. The number of nitrogens with one attached hydrogen (secondary N) is 1. The number of hydrogen-bond donors (Lipinski definition) is 2. The molecule has 0 saturated heterocycles. The van der Waals surface area contributed by atoms with Crippen LogP contribution in [0.2, 0.25) is 0 Å². The first-order chi connectivity index (χ1) is 8.29. The summed E-state index contributed by atoms with van der Waals surface area (Å²) >= 11 is 0. The molecule has 0 fully saturated rings. The van der Waals surface area contributed by atoms with Crippen molar-refractivity contribution >= 4 is 39.5 Å². The van der Waals surface area contributed by atoms with Gasteiger partial charge in [0.05, 0.1) is 0 Å². The van der Waals surface area contributed by atoms with Crippen LogP contribution in [0.1, 0.15) is 40.5 Å². The van der Waals surface area contributed by atoms with Crippen molar-refractivity contribution in [2.24, 2.45) is 11.1 Å². The average molecular weight is 470 g/mol. The Morgan fingerprint density at radius 3 is 2.21 bits per heavy atom. The van der Waals surface area contributed by atoms with E-state index in [1.807, 2.05) is 27.7 Å². The predicted molar refractivity (Wildman–Crippen MR) is 76.7 cm³/mol. The SMILES string of the molecule is CCCC(C)(COC(N)=O)COC(=O)NC(C)C.[PbH2]. The van der Waals surface area contributed by atoms with E-state index in [9.17, 15) is 9.59 Å². The van der Waals surface area contributed by atoms with Crippen molar-refractivity contribution in [2.45, 2.75) is 46.6 Å². The number of primary amides is 1. The summed E-state index contributed by atoms with van der Waals surface area (Å²) in [5, 5.41) is 2.63. The molecule has 0 bridgehead atoms. The van der Waals surface area contributed by atoms with Gasteiger partial charge in [0.15, 0.2) is 0 Å². The number of ether oxygens (including phenoxy) is 2. The number of nitrogens with two attached hydrogens (primary N) is 1. The Labute approximate surface area is 134 Å². The normalized spacial score (nSPS) is 13.1. The summed E-state index contributed by atoms with van der Waals surface area (Å²) in [6.45, 7) is 7.93. The Balaban J connectivity index is 0. The second-order valence-electron chi connectivity index (χ2n) is 5.04. The molecule has 0 aliphatic carbocycles. The maximum absolute atomic E-state index is 11.4. The molecule has 0 aliphatic heterocycles. The Morgan fingerprint density at radius 1 is 1.26 bits per heavy atom. The fraction of sp³-hybridized carbons (Fsp3) is 0.833. The minimum atomic E-state index is -0.816. The Bertz CT molecular complexity index is 287. The first kappa shape index (κ1) is 20.8. The van der Waals surface area contributed by atoms with E-state index in [1.54, 1.807) is 0 Å². The molecule has 7 heteroatoms. The van der Waals surface area contributed by atoms with Crippen LogP contribution in [-0.4, -0.2) is 58.7 Å². The molecule has 0 spiro atoms. The molecular formula is C12H26N2O4Pb. The Kier molecular flexibility index (Phi) is 11.2. The average Bonchev–Trinajstić information content (AvgIpc) is 2.24. The fourth-order valence-corrected chi connectivity index (χ4v) is 1.55. The summed E-state index contributed by atoms with van der Waals surface area (Å²) < 4.78 is 9.92. The molecule has 2 radical (unpaired) electrons. The van der Waals surface area contributed by atoms with Crippen molar-refractivity contribution in [3.8, 4) is 0 Å². The van der Waals surface area contributed by atoms with Crippen molar-refractivity contribution < 1.29 is 19.1 Å². The first-order valence-electron chi connectivity index (χ1n) is 6.14. The van der Waals surface area contributed by atoms with E-state index in [2.05, 4.69) is 5.32 Å². The van der Waals surface area contributed by atoms with Gasteiger partial charge < -0.3 is 20.5 Å². The van der Waals surface area contributed by atoms with Crippen molar-refractivity contribution in [3.05, 3.63) is 0 Å². The van der Waals surface area contributed by atoms with E-state index in [0.717, 1.165) is 12.8 Å². The molecule has 0 aliphatic rings. The van der Waals surface area contributed by atoms with Crippen LogP contribution >= 0.6 is 0 Å². The topological polar surface area (TPSA) is 90.7 Å². The third-order valence-corrected chi connectivity index (χ3v) is 2.37. The molecule has 0 rings (SSSR count). The molecule has 1 atom stereocenters. The summed E-state index contributed by atoms with van der Waals surface area (Å²) in [4.78, 5) is 22.0. The van der Waals surface area contributed by atoms with Gasteiger partial charge in [-0.25, -0.2) is 9.59 Å². The quantitative estimate of drug-likeness (QED) is 0.547. The molecule has 6 nitrogen and oxygen atoms in total. The van der Waals surface area contributed by atoms with Gasteiger partial charge in [0.2, 0.25) is 0 Å². The predicted octanol–water partition coefficient (Wildman–Crippen LogP) is 1.11. The molecule has 0 aromatic carbocycles.